The molecule has 5 nitrogen and oxygen atoms in total. The van der Waals surface area contributed by atoms with Crippen molar-refractivity contribution in [1.29, 1.82) is 0 Å². The quantitative estimate of drug-likeness (QED) is 0.317. The van der Waals surface area contributed by atoms with Crippen LogP contribution in [0.2, 0.25) is 0 Å². The summed E-state index contributed by atoms with van der Waals surface area (Å²) >= 11 is 0. The molecule has 2 N–H and O–H groups in total. The first-order valence-corrected chi connectivity index (χ1v) is 2.75. The molecule has 0 fully saturated rings. The fourth-order valence-corrected chi connectivity index (χ4v) is 0.386. The molecule has 0 atom stereocenters. The van der Waals surface area contributed by atoms with E-state index in [1.807, 2.05) is 0 Å². The van der Waals surface area contributed by atoms with Gasteiger partial charge >= 0.3 is 35.5 Å². The monoisotopic (exact) mass is 169 g/mol. The van der Waals surface area contributed by atoms with E-state index >= 15 is 0 Å². The first kappa shape index (κ1) is 13.5. The van der Waals surface area contributed by atoms with E-state index < -0.39 is 11.9 Å². The Hall–Kier alpha value is -0.100. The van der Waals surface area contributed by atoms with Crippen molar-refractivity contribution in [2.75, 3.05) is 13.1 Å². The van der Waals surface area contributed by atoms with Crippen LogP contribution in [0.4, 0.5) is 0 Å². The van der Waals surface area contributed by atoms with Crippen LogP contribution in [0.5, 0.6) is 0 Å². The standard InChI is InChI=1S/C5H9NO4.Na/c7-4(8)1-2-6-3-5(9)10;/h6H,1-3H2,(H,7,8)(H,9,10);/q;+1/p-1. The Bertz CT molecular complexity index is 122. The zero-order valence-corrected chi connectivity index (χ0v) is 8.29. The van der Waals surface area contributed by atoms with Crippen molar-refractivity contribution in [3.05, 3.63) is 0 Å². The van der Waals surface area contributed by atoms with Gasteiger partial charge in [0.05, 0.1) is 12.4 Å². The summed E-state index contributed by atoms with van der Waals surface area (Å²) in [7, 11) is 0. The Morgan fingerprint density at radius 1 is 1.45 bits per heavy atom. The Balaban J connectivity index is 0. The van der Waals surface area contributed by atoms with Crippen LogP contribution in [0.15, 0.2) is 0 Å². The summed E-state index contributed by atoms with van der Waals surface area (Å²) < 4.78 is 0. The number of hydrogen-bond donors (Lipinski definition) is 2. The number of carbonyl (C=O) groups excluding carboxylic acids is 1. The molecule has 0 heterocycles. The van der Waals surface area contributed by atoms with Crippen molar-refractivity contribution >= 4 is 11.9 Å². The first-order chi connectivity index (χ1) is 4.63. The molecule has 0 aliphatic carbocycles. The van der Waals surface area contributed by atoms with Crippen LogP contribution >= 0.6 is 0 Å². The molecule has 6 heteroatoms. The third-order valence-electron chi connectivity index (χ3n) is 0.785. The Morgan fingerprint density at radius 3 is 2.36 bits per heavy atom. The van der Waals surface area contributed by atoms with Crippen molar-refractivity contribution in [2.24, 2.45) is 0 Å². The summed E-state index contributed by atoms with van der Waals surface area (Å²) in [6.45, 7) is -0.142. The molecule has 0 aromatic carbocycles. The van der Waals surface area contributed by atoms with Gasteiger partial charge in [0.25, 0.3) is 0 Å². The van der Waals surface area contributed by atoms with Gasteiger partial charge in [-0.1, -0.05) is 0 Å². The van der Waals surface area contributed by atoms with Crippen LogP contribution in [0.3, 0.4) is 0 Å². The summed E-state index contributed by atoms with van der Waals surface area (Å²) in [6.07, 6.45) is -0.0761. The zero-order chi connectivity index (χ0) is 7.98. The Morgan fingerprint density at radius 2 is 2.00 bits per heavy atom. The molecule has 0 spiro atoms. The van der Waals surface area contributed by atoms with Gasteiger partial charge in [-0.2, -0.15) is 0 Å². The summed E-state index contributed by atoms with van der Waals surface area (Å²) in [5, 5.41) is 20.2. The molecule has 0 saturated carbocycles. The molecule has 0 aromatic heterocycles. The second-order valence-electron chi connectivity index (χ2n) is 1.69. The summed E-state index contributed by atoms with van der Waals surface area (Å²) in [5.41, 5.74) is 0. The minimum atomic E-state index is -1.23. The smallest absolute Gasteiger partial charge is 0.549 e. The van der Waals surface area contributed by atoms with E-state index in [1.54, 1.807) is 0 Å². The number of carboxylic acids is 2. The summed E-state index contributed by atoms with van der Waals surface area (Å²) in [4.78, 5) is 19.6. The number of nitrogens with one attached hydrogen (secondary N) is 1. The summed E-state index contributed by atoms with van der Waals surface area (Å²) in [6, 6.07) is 0. The van der Waals surface area contributed by atoms with Crippen LogP contribution in [-0.4, -0.2) is 30.1 Å². The molecule has 0 aromatic rings. The minimum Gasteiger partial charge on any atom is -0.549 e. The van der Waals surface area contributed by atoms with E-state index in [9.17, 15) is 14.7 Å². The average molecular weight is 169 g/mol. The van der Waals surface area contributed by atoms with Gasteiger partial charge in [-0.15, -0.1) is 0 Å². The maximum atomic E-state index is 9.84. The van der Waals surface area contributed by atoms with Crippen molar-refractivity contribution in [1.82, 2.24) is 5.32 Å². The van der Waals surface area contributed by atoms with Gasteiger partial charge in [0.15, 0.2) is 0 Å². The zero-order valence-electron chi connectivity index (χ0n) is 6.29. The van der Waals surface area contributed by atoms with E-state index in [2.05, 4.69) is 5.32 Å². The molecule has 11 heavy (non-hydrogen) atoms. The van der Waals surface area contributed by atoms with Gasteiger partial charge < -0.3 is 20.3 Å². The average Bonchev–Trinajstić information content (AvgIpc) is 1.79. The number of carboxylic acid groups (broad SMARTS) is 2. The molecule has 0 aliphatic heterocycles. The minimum absolute atomic E-state index is 0. The normalized spacial score (nSPS) is 8.36. The number of carbonyl (C=O) groups is 2. The van der Waals surface area contributed by atoms with Crippen molar-refractivity contribution in [3.8, 4) is 0 Å². The van der Waals surface area contributed by atoms with Gasteiger partial charge in [0.1, 0.15) is 0 Å². The molecule has 0 saturated heterocycles. The van der Waals surface area contributed by atoms with E-state index in [1.165, 1.54) is 0 Å². The van der Waals surface area contributed by atoms with Crippen LogP contribution < -0.4 is 40.0 Å². The van der Waals surface area contributed by atoms with E-state index in [0.717, 1.165) is 0 Å². The van der Waals surface area contributed by atoms with Gasteiger partial charge in [-0.25, -0.2) is 0 Å². The number of rotatable bonds is 5. The van der Waals surface area contributed by atoms with Crippen molar-refractivity contribution in [2.45, 2.75) is 6.42 Å². The molecule has 0 radical (unpaired) electrons. The van der Waals surface area contributed by atoms with Gasteiger partial charge in [0.2, 0.25) is 0 Å². The largest absolute Gasteiger partial charge is 1.00 e. The topological polar surface area (TPSA) is 89.5 Å². The van der Waals surface area contributed by atoms with Crippen molar-refractivity contribution < 1.29 is 49.4 Å². The van der Waals surface area contributed by atoms with E-state index in [4.69, 9.17) is 5.11 Å². The molecular weight excluding hydrogens is 161 g/mol. The predicted molar refractivity (Wildman–Crippen MR) is 30.1 cm³/mol. The van der Waals surface area contributed by atoms with Crippen LogP contribution in [-0.2, 0) is 9.59 Å². The first-order valence-electron chi connectivity index (χ1n) is 2.75. The maximum Gasteiger partial charge on any atom is 1.00 e. The molecule has 0 aliphatic rings. The molecule has 58 valence electrons. The molecule has 0 amide bonds. The molecule has 0 rings (SSSR count). The molecule has 0 unspecified atom stereocenters. The maximum absolute atomic E-state index is 9.84. The van der Waals surface area contributed by atoms with Gasteiger partial charge in [0, 0.05) is 13.1 Å². The van der Waals surface area contributed by atoms with Crippen LogP contribution in [0.25, 0.3) is 0 Å². The molecular formula is C5H8NNaO4. The van der Waals surface area contributed by atoms with Crippen molar-refractivity contribution in [3.63, 3.8) is 0 Å². The second-order valence-corrected chi connectivity index (χ2v) is 1.69. The Kier molecular flexibility index (Phi) is 9.81. The van der Waals surface area contributed by atoms with Gasteiger partial charge in [-0.3, -0.25) is 4.79 Å². The fourth-order valence-electron chi connectivity index (χ4n) is 0.386. The molecule has 0 bridgehead atoms. The summed E-state index contributed by atoms with van der Waals surface area (Å²) in [5.74, 6) is -2.18. The third-order valence-corrected chi connectivity index (χ3v) is 0.785. The fraction of sp³-hybridized carbons (Fsp3) is 0.600. The van der Waals surface area contributed by atoms with Crippen LogP contribution in [0, 0.1) is 0 Å². The third kappa shape index (κ3) is 13.0. The number of hydrogen-bond acceptors (Lipinski definition) is 4. The number of aliphatic carboxylic acids is 2. The Labute approximate surface area is 86.1 Å². The van der Waals surface area contributed by atoms with E-state index in [-0.39, 0.29) is 49.1 Å². The SMILES string of the molecule is O=C([O-])CNCCC(=O)O.[Na+]. The predicted octanol–water partition coefficient (Wildman–Crippen LogP) is -5.20. The second kappa shape index (κ2) is 8.00. The van der Waals surface area contributed by atoms with E-state index in [0.29, 0.717) is 0 Å². The van der Waals surface area contributed by atoms with Gasteiger partial charge in [-0.05, 0) is 0 Å². The van der Waals surface area contributed by atoms with Crippen LogP contribution in [0.1, 0.15) is 6.42 Å².